The Morgan fingerprint density at radius 2 is 2.00 bits per heavy atom. The van der Waals surface area contributed by atoms with Crippen molar-refractivity contribution in [3.05, 3.63) is 61.2 Å². The number of hydrogen-bond donors (Lipinski definition) is 0. The highest BCUT2D eigenvalue weighted by Crippen LogP contribution is 2.30. The van der Waals surface area contributed by atoms with Crippen molar-refractivity contribution >= 4 is 27.8 Å². The molecule has 1 heteroatoms. The summed E-state index contributed by atoms with van der Waals surface area (Å²) in [4.78, 5) is 0. The Morgan fingerprint density at radius 3 is 2.89 bits per heavy atom. The Kier molecular flexibility index (Phi) is 2.89. The Hall–Kier alpha value is -2.02. The van der Waals surface area contributed by atoms with Gasteiger partial charge < -0.3 is 4.42 Å². The number of unbranched alkanes of at least 4 members (excludes halogenated alkanes) is 1. The fourth-order valence-corrected chi connectivity index (χ4v) is 2.28. The third kappa shape index (κ3) is 1.82. The van der Waals surface area contributed by atoms with Crippen LogP contribution >= 0.6 is 0 Å². The highest BCUT2D eigenvalue weighted by atomic mass is 16.3. The number of furan rings is 1. The number of hydrogen-bond acceptors (Lipinski definition) is 1. The first-order valence-corrected chi connectivity index (χ1v) is 6.25. The third-order valence-corrected chi connectivity index (χ3v) is 3.16. The van der Waals surface area contributed by atoms with Crippen LogP contribution in [0.25, 0.3) is 27.8 Å². The zero-order chi connectivity index (χ0) is 12.4. The maximum Gasteiger partial charge on any atom is 0.135 e. The molecule has 3 aromatic rings. The maximum atomic E-state index is 5.62. The van der Waals surface area contributed by atoms with Crippen LogP contribution in [0.1, 0.15) is 18.4 Å². The van der Waals surface area contributed by atoms with Crippen LogP contribution in [0, 0.1) is 6.92 Å². The normalized spacial score (nSPS) is 11.8. The van der Waals surface area contributed by atoms with Crippen LogP contribution < -0.4 is 0 Å². The first-order chi connectivity index (χ1) is 8.90. The van der Waals surface area contributed by atoms with Gasteiger partial charge >= 0.3 is 0 Å². The standard InChI is InChI=1S/C17H15O/c1-2-3-4-8-14-12-18-16-11-10-13-7-5-6-9-15(13)17(14)16/h4-12H,1-3H2. The van der Waals surface area contributed by atoms with Gasteiger partial charge in [-0.25, -0.2) is 0 Å². The van der Waals surface area contributed by atoms with E-state index < -0.39 is 0 Å². The smallest absolute Gasteiger partial charge is 0.135 e. The maximum absolute atomic E-state index is 5.62. The van der Waals surface area contributed by atoms with Gasteiger partial charge in [0.2, 0.25) is 0 Å². The molecule has 0 aliphatic heterocycles. The molecule has 0 unspecified atom stereocenters. The zero-order valence-corrected chi connectivity index (χ0v) is 10.2. The quantitative estimate of drug-likeness (QED) is 0.607. The van der Waals surface area contributed by atoms with Gasteiger partial charge in [0.1, 0.15) is 5.58 Å². The minimum Gasteiger partial charge on any atom is -0.464 e. The molecule has 0 spiro atoms. The number of allylic oxidation sites excluding steroid dienone is 1. The fourth-order valence-electron chi connectivity index (χ4n) is 2.28. The van der Waals surface area contributed by atoms with Gasteiger partial charge in [0.15, 0.2) is 0 Å². The lowest BCUT2D eigenvalue weighted by molar-refractivity contribution is 0.615. The number of fused-ring (bicyclic) bond motifs is 3. The highest BCUT2D eigenvalue weighted by Gasteiger charge is 2.06. The summed E-state index contributed by atoms with van der Waals surface area (Å²) in [6, 6.07) is 12.5. The second-order valence-electron chi connectivity index (χ2n) is 4.40. The Labute approximate surface area is 107 Å². The van der Waals surface area contributed by atoms with Gasteiger partial charge in [0.25, 0.3) is 0 Å². The lowest BCUT2D eigenvalue weighted by atomic mass is 10.0. The summed E-state index contributed by atoms with van der Waals surface area (Å²) in [6.07, 6.45) is 8.03. The molecule has 1 radical (unpaired) electrons. The van der Waals surface area contributed by atoms with Crippen molar-refractivity contribution in [1.82, 2.24) is 0 Å². The van der Waals surface area contributed by atoms with E-state index in [9.17, 15) is 0 Å². The molecule has 0 N–H and O–H groups in total. The first-order valence-electron chi connectivity index (χ1n) is 6.25. The molecular weight excluding hydrogens is 220 g/mol. The Balaban J connectivity index is 2.24. The largest absolute Gasteiger partial charge is 0.464 e. The monoisotopic (exact) mass is 235 g/mol. The summed E-state index contributed by atoms with van der Waals surface area (Å²) < 4.78 is 5.62. The summed E-state index contributed by atoms with van der Waals surface area (Å²) in [6.45, 7) is 3.84. The molecule has 0 saturated heterocycles. The van der Waals surface area contributed by atoms with Crippen molar-refractivity contribution in [1.29, 1.82) is 0 Å². The fraction of sp³-hybridized carbons (Fsp3) is 0.118. The van der Waals surface area contributed by atoms with Crippen molar-refractivity contribution in [2.24, 2.45) is 0 Å². The van der Waals surface area contributed by atoms with Crippen molar-refractivity contribution in [3.8, 4) is 0 Å². The summed E-state index contributed by atoms with van der Waals surface area (Å²) in [5, 5.41) is 3.70. The van der Waals surface area contributed by atoms with E-state index in [1.807, 2.05) is 12.3 Å². The first kappa shape index (κ1) is 11.1. The van der Waals surface area contributed by atoms with Crippen molar-refractivity contribution < 1.29 is 4.42 Å². The van der Waals surface area contributed by atoms with Gasteiger partial charge in [-0.2, -0.15) is 0 Å². The van der Waals surface area contributed by atoms with Crippen molar-refractivity contribution in [3.63, 3.8) is 0 Å². The molecule has 3 rings (SSSR count). The summed E-state index contributed by atoms with van der Waals surface area (Å²) in [5.41, 5.74) is 2.10. The minimum absolute atomic E-state index is 0.924. The van der Waals surface area contributed by atoms with Crippen LogP contribution in [0.5, 0.6) is 0 Å². The van der Waals surface area contributed by atoms with Crippen LogP contribution in [0.2, 0.25) is 0 Å². The van der Waals surface area contributed by atoms with E-state index in [4.69, 9.17) is 4.42 Å². The predicted molar refractivity (Wildman–Crippen MR) is 77.3 cm³/mol. The Bertz CT molecular complexity index is 704. The number of benzene rings is 2. The van der Waals surface area contributed by atoms with E-state index >= 15 is 0 Å². The molecule has 2 aromatic carbocycles. The molecule has 1 heterocycles. The SMILES string of the molecule is [CH2]CCC=Cc1coc2ccc3ccccc3c12. The van der Waals surface area contributed by atoms with Gasteiger partial charge in [-0.1, -0.05) is 49.4 Å². The second kappa shape index (κ2) is 4.69. The molecule has 18 heavy (non-hydrogen) atoms. The van der Waals surface area contributed by atoms with Gasteiger partial charge in [-0.15, -0.1) is 0 Å². The van der Waals surface area contributed by atoms with Crippen molar-refractivity contribution in [2.45, 2.75) is 12.8 Å². The van der Waals surface area contributed by atoms with Gasteiger partial charge in [-0.05, 0) is 29.7 Å². The van der Waals surface area contributed by atoms with Gasteiger partial charge in [0, 0.05) is 10.9 Å². The molecule has 0 saturated carbocycles. The molecule has 0 fully saturated rings. The van der Waals surface area contributed by atoms with Gasteiger partial charge in [0.05, 0.1) is 6.26 Å². The van der Waals surface area contributed by atoms with Crippen LogP contribution in [0.3, 0.4) is 0 Å². The van der Waals surface area contributed by atoms with Crippen LogP contribution in [0.15, 0.2) is 53.2 Å². The van der Waals surface area contributed by atoms with E-state index in [1.54, 1.807) is 0 Å². The van der Waals surface area contributed by atoms with E-state index in [0.29, 0.717) is 0 Å². The van der Waals surface area contributed by atoms with Crippen LogP contribution in [-0.4, -0.2) is 0 Å². The minimum atomic E-state index is 0.924. The van der Waals surface area contributed by atoms with Crippen molar-refractivity contribution in [2.75, 3.05) is 0 Å². The Morgan fingerprint density at radius 1 is 1.11 bits per heavy atom. The van der Waals surface area contributed by atoms with E-state index in [0.717, 1.165) is 24.0 Å². The van der Waals surface area contributed by atoms with Gasteiger partial charge in [-0.3, -0.25) is 0 Å². The summed E-state index contributed by atoms with van der Waals surface area (Å²) in [7, 11) is 0. The number of rotatable bonds is 3. The molecule has 89 valence electrons. The molecule has 1 aromatic heterocycles. The lowest BCUT2D eigenvalue weighted by Gasteiger charge is -1.99. The molecule has 0 aliphatic carbocycles. The topological polar surface area (TPSA) is 13.1 Å². The molecular formula is C17H15O. The second-order valence-corrected chi connectivity index (χ2v) is 4.40. The summed E-state index contributed by atoms with van der Waals surface area (Å²) in [5.74, 6) is 0. The van der Waals surface area contributed by atoms with Crippen LogP contribution in [0.4, 0.5) is 0 Å². The van der Waals surface area contributed by atoms with E-state index in [2.05, 4.69) is 49.4 Å². The highest BCUT2D eigenvalue weighted by molar-refractivity contribution is 6.09. The van der Waals surface area contributed by atoms with E-state index in [1.165, 1.54) is 16.2 Å². The third-order valence-electron chi connectivity index (χ3n) is 3.16. The van der Waals surface area contributed by atoms with E-state index in [-0.39, 0.29) is 0 Å². The molecule has 0 atom stereocenters. The predicted octanol–water partition coefficient (Wildman–Crippen LogP) is 5.21. The zero-order valence-electron chi connectivity index (χ0n) is 10.2. The average molecular weight is 235 g/mol. The molecule has 0 aliphatic rings. The molecule has 1 nitrogen and oxygen atoms in total. The lowest BCUT2D eigenvalue weighted by Crippen LogP contribution is -1.75. The molecule has 0 amide bonds. The molecule has 0 bridgehead atoms. The average Bonchev–Trinajstić information content (AvgIpc) is 2.83. The summed E-state index contributed by atoms with van der Waals surface area (Å²) >= 11 is 0. The van der Waals surface area contributed by atoms with Crippen LogP contribution in [-0.2, 0) is 0 Å².